The predicted molar refractivity (Wildman–Crippen MR) is 66.2 cm³/mol. The van der Waals surface area contributed by atoms with Crippen LogP contribution in [-0.4, -0.2) is 13.2 Å². The van der Waals surface area contributed by atoms with Gasteiger partial charge in [0.1, 0.15) is 17.5 Å². The van der Waals surface area contributed by atoms with E-state index in [9.17, 15) is 9.18 Å². The van der Waals surface area contributed by atoms with Crippen LogP contribution in [0.5, 0.6) is 5.75 Å². The van der Waals surface area contributed by atoms with Gasteiger partial charge < -0.3 is 4.74 Å². The van der Waals surface area contributed by atoms with Crippen molar-refractivity contribution in [1.82, 2.24) is 0 Å². The van der Waals surface area contributed by atoms with E-state index in [0.29, 0.717) is 11.3 Å². The van der Waals surface area contributed by atoms with E-state index in [4.69, 9.17) is 4.74 Å². The summed E-state index contributed by atoms with van der Waals surface area (Å²) >= 11 is 0. The van der Waals surface area contributed by atoms with Crippen molar-refractivity contribution in [2.45, 2.75) is 37.9 Å². The number of carbonyl (C=O) groups excluding carboxylic acids is 1. The summed E-state index contributed by atoms with van der Waals surface area (Å²) in [5, 5.41) is 0. The van der Waals surface area contributed by atoms with Crippen LogP contribution < -0.4 is 4.74 Å². The normalized spacial score (nSPS) is 18.4. The number of ether oxygens (including phenoxy) is 1. The minimum absolute atomic E-state index is 0.558. The first-order valence-electron chi connectivity index (χ1n) is 6.04. The van der Waals surface area contributed by atoms with E-state index in [2.05, 4.69) is 4.99 Å². The Bertz CT molecular complexity index is 489. The third kappa shape index (κ3) is 2.04. The molecule has 2 rings (SSSR count). The van der Waals surface area contributed by atoms with Gasteiger partial charge >= 0.3 is 0 Å². The number of halogens is 1. The van der Waals surface area contributed by atoms with Crippen molar-refractivity contribution >= 4 is 6.08 Å². The van der Waals surface area contributed by atoms with E-state index >= 15 is 0 Å². The molecule has 0 radical (unpaired) electrons. The zero-order valence-corrected chi connectivity index (χ0v) is 10.6. The second kappa shape index (κ2) is 4.91. The molecule has 1 fully saturated rings. The molecule has 0 amide bonds. The zero-order chi connectivity index (χ0) is 13.2. The van der Waals surface area contributed by atoms with Crippen molar-refractivity contribution in [2.24, 2.45) is 4.99 Å². The van der Waals surface area contributed by atoms with Crippen molar-refractivity contribution in [3.05, 3.63) is 29.3 Å². The molecule has 0 heterocycles. The number of isocyanates is 1. The van der Waals surface area contributed by atoms with Gasteiger partial charge in [-0.15, -0.1) is 0 Å². The average molecular weight is 249 g/mol. The second-order valence-electron chi connectivity index (χ2n) is 4.66. The summed E-state index contributed by atoms with van der Waals surface area (Å²) in [4.78, 5) is 14.5. The van der Waals surface area contributed by atoms with Crippen LogP contribution in [0.4, 0.5) is 4.39 Å². The molecule has 3 nitrogen and oxygen atoms in total. The van der Waals surface area contributed by atoms with Gasteiger partial charge in [0, 0.05) is 5.56 Å². The van der Waals surface area contributed by atoms with Gasteiger partial charge in [0.15, 0.2) is 0 Å². The lowest BCUT2D eigenvalue weighted by Gasteiger charge is -2.38. The Morgan fingerprint density at radius 3 is 2.67 bits per heavy atom. The predicted octanol–water partition coefficient (Wildman–Crippen LogP) is 3.44. The van der Waals surface area contributed by atoms with E-state index in [-0.39, 0.29) is 0 Å². The molecule has 0 aromatic heterocycles. The van der Waals surface area contributed by atoms with E-state index in [1.54, 1.807) is 31.4 Å². The summed E-state index contributed by atoms with van der Waals surface area (Å²) in [7, 11) is 1.56. The molecule has 1 unspecified atom stereocenters. The van der Waals surface area contributed by atoms with Crippen molar-refractivity contribution in [1.29, 1.82) is 0 Å². The van der Waals surface area contributed by atoms with Gasteiger partial charge in [-0.25, -0.2) is 9.18 Å². The molecule has 1 aromatic rings. The fourth-order valence-corrected chi connectivity index (χ4v) is 2.38. The second-order valence-corrected chi connectivity index (χ2v) is 4.66. The molecular weight excluding hydrogens is 233 g/mol. The highest BCUT2D eigenvalue weighted by molar-refractivity contribution is 5.47. The smallest absolute Gasteiger partial charge is 0.235 e. The van der Waals surface area contributed by atoms with Crippen molar-refractivity contribution in [2.75, 3.05) is 7.11 Å². The van der Waals surface area contributed by atoms with E-state index in [0.717, 1.165) is 24.8 Å². The van der Waals surface area contributed by atoms with Crippen LogP contribution in [-0.2, 0) is 10.3 Å². The fraction of sp³-hybridized carbons (Fsp3) is 0.500. The van der Waals surface area contributed by atoms with Gasteiger partial charge in [0.2, 0.25) is 6.08 Å². The van der Waals surface area contributed by atoms with Crippen molar-refractivity contribution in [3.63, 3.8) is 0 Å². The zero-order valence-electron chi connectivity index (χ0n) is 10.6. The Balaban J connectivity index is 2.52. The SMILES string of the molecule is COc1ccc(C(C)F)cc1C1(N=C=O)CCC1. The lowest BCUT2D eigenvalue weighted by molar-refractivity contribution is 0.245. The molecule has 18 heavy (non-hydrogen) atoms. The molecule has 4 heteroatoms. The largest absolute Gasteiger partial charge is 0.496 e. The van der Waals surface area contributed by atoms with Crippen LogP contribution in [0.25, 0.3) is 0 Å². The molecule has 0 aliphatic heterocycles. The Morgan fingerprint density at radius 2 is 2.22 bits per heavy atom. The first kappa shape index (κ1) is 12.8. The molecule has 0 N–H and O–H groups in total. The maximum absolute atomic E-state index is 13.4. The quantitative estimate of drug-likeness (QED) is 0.605. The maximum atomic E-state index is 13.4. The summed E-state index contributed by atoms with van der Waals surface area (Å²) in [6, 6.07) is 5.19. The van der Waals surface area contributed by atoms with Gasteiger partial charge in [-0.05, 0) is 43.9 Å². The highest BCUT2D eigenvalue weighted by Gasteiger charge is 2.41. The summed E-state index contributed by atoms with van der Waals surface area (Å²) in [6.45, 7) is 1.49. The van der Waals surface area contributed by atoms with Crippen LogP contribution in [0.3, 0.4) is 0 Å². The van der Waals surface area contributed by atoms with E-state index in [1.807, 2.05) is 0 Å². The van der Waals surface area contributed by atoms with Crippen LogP contribution in [0, 0.1) is 0 Å². The van der Waals surface area contributed by atoms with Gasteiger partial charge in [-0.1, -0.05) is 6.07 Å². The first-order valence-corrected chi connectivity index (χ1v) is 6.04. The van der Waals surface area contributed by atoms with Crippen LogP contribution >= 0.6 is 0 Å². The number of nitrogens with zero attached hydrogens (tertiary/aromatic N) is 1. The summed E-state index contributed by atoms with van der Waals surface area (Å²) in [5.74, 6) is 0.651. The molecule has 0 bridgehead atoms. The molecule has 1 aliphatic rings. The lowest BCUT2D eigenvalue weighted by atomic mass is 9.71. The number of hydrogen-bond donors (Lipinski definition) is 0. The van der Waals surface area contributed by atoms with Crippen molar-refractivity contribution in [3.8, 4) is 5.75 Å². The molecule has 1 aliphatic carbocycles. The molecule has 1 saturated carbocycles. The third-order valence-corrected chi connectivity index (χ3v) is 3.62. The van der Waals surface area contributed by atoms with Gasteiger partial charge in [0.25, 0.3) is 0 Å². The number of methoxy groups -OCH3 is 1. The molecular formula is C14H16FNO2. The minimum atomic E-state index is -1.05. The Morgan fingerprint density at radius 1 is 1.50 bits per heavy atom. The maximum Gasteiger partial charge on any atom is 0.235 e. The average Bonchev–Trinajstić information content (AvgIpc) is 2.33. The van der Waals surface area contributed by atoms with E-state index < -0.39 is 11.7 Å². The van der Waals surface area contributed by atoms with Crippen LogP contribution in [0.15, 0.2) is 23.2 Å². The standard InChI is InChI=1S/C14H16FNO2/c1-10(15)11-4-5-13(18-2)12(8-11)14(16-9-17)6-3-7-14/h4-5,8,10H,3,6-7H2,1-2H3. The van der Waals surface area contributed by atoms with Gasteiger partial charge in [-0.3, -0.25) is 0 Å². The molecule has 0 spiro atoms. The summed E-state index contributed by atoms with van der Waals surface area (Å²) < 4.78 is 18.7. The monoisotopic (exact) mass is 249 g/mol. The highest BCUT2D eigenvalue weighted by atomic mass is 19.1. The van der Waals surface area contributed by atoms with Gasteiger partial charge in [-0.2, -0.15) is 4.99 Å². The van der Waals surface area contributed by atoms with Gasteiger partial charge in [0.05, 0.1) is 7.11 Å². The number of benzene rings is 1. The lowest BCUT2D eigenvalue weighted by Crippen LogP contribution is -2.32. The Kier molecular flexibility index (Phi) is 3.48. The molecule has 0 saturated heterocycles. The molecule has 96 valence electrons. The van der Waals surface area contributed by atoms with Crippen molar-refractivity contribution < 1.29 is 13.9 Å². The summed E-state index contributed by atoms with van der Waals surface area (Å²) in [6.07, 6.45) is 3.15. The minimum Gasteiger partial charge on any atom is -0.496 e. The molecule has 1 atom stereocenters. The van der Waals surface area contributed by atoms with Crippen LogP contribution in [0.1, 0.15) is 43.5 Å². The molecule has 1 aromatic carbocycles. The number of aliphatic imine (C=N–C) groups is 1. The summed E-state index contributed by atoms with van der Waals surface area (Å²) in [5.41, 5.74) is 0.817. The Labute approximate surface area is 106 Å². The number of rotatable bonds is 4. The topological polar surface area (TPSA) is 38.7 Å². The third-order valence-electron chi connectivity index (χ3n) is 3.62. The number of hydrogen-bond acceptors (Lipinski definition) is 3. The fourth-order valence-electron chi connectivity index (χ4n) is 2.38. The first-order chi connectivity index (χ1) is 8.63. The van der Waals surface area contributed by atoms with Crippen LogP contribution in [0.2, 0.25) is 0 Å². The highest BCUT2D eigenvalue weighted by Crippen LogP contribution is 2.48. The van der Waals surface area contributed by atoms with E-state index in [1.165, 1.54) is 6.92 Å². The number of alkyl halides is 1. The Hall–Kier alpha value is -1.67.